The fourth-order valence-corrected chi connectivity index (χ4v) is 3.52. The quantitative estimate of drug-likeness (QED) is 0.867. The van der Waals surface area contributed by atoms with Gasteiger partial charge >= 0.3 is 0 Å². The molecule has 0 saturated carbocycles. The van der Waals surface area contributed by atoms with E-state index in [1.807, 2.05) is 11.2 Å². The number of halogens is 1. The maximum absolute atomic E-state index is 13.7. The van der Waals surface area contributed by atoms with Gasteiger partial charge in [-0.2, -0.15) is 11.8 Å². The molecular formula is C17H23FN2O2S. The van der Waals surface area contributed by atoms with Crippen LogP contribution in [0.1, 0.15) is 41.6 Å². The van der Waals surface area contributed by atoms with Gasteiger partial charge in [0, 0.05) is 30.8 Å². The van der Waals surface area contributed by atoms with Crippen molar-refractivity contribution in [2.24, 2.45) is 11.7 Å². The number of nitrogens with zero attached hydrogens (tertiary/aromatic N) is 1. The third-order valence-corrected chi connectivity index (χ3v) is 4.80. The number of piperidine rings is 1. The number of hydrogen-bond donors (Lipinski definition) is 1. The van der Waals surface area contributed by atoms with Crippen molar-refractivity contribution in [2.75, 3.05) is 19.3 Å². The largest absolute Gasteiger partial charge is 0.370 e. The van der Waals surface area contributed by atoms with E-state index < -0.39 is 0 Å². The second-order valence-corrected chi connectivity index (χ2v) is 6.87. The predicted octanol–water partition coefficient (Wildman–Crippen LogP) is 2.81. The zero-order valence-corrected chi connectivity index (χ0v) is 14.2. The number of likely N-dealkylation sites (tertiary alicyclic amines) is 1. The summed E-state index contributed by atoms with van der Waals surface area (Å²) in [7, 11) is 0. The summed E-state index contributed by atoms with van der Waals surface area (Å²) in [6, 6.07) is 4.57. The van der Waals surface area contributed by atoms with E-state index in [9.17, 15) is 14.0 Å². The maximum atomic E-state index is 13.7. The van der Waals surface area contributed by atoms with Gasteiger partial charge in [-0.1, -0.05) is 0 Å². The molecule has 0 unspecified atom stereocenters. The van der Waals surface area contributed by atoms with Crippen LogP contribution in [0.2, 0.25) is 0 Å². The third kappa shape index (κ3) is 4.96. The molecule has 1 aliphatic heterocycles. The Morgan fingerprint density at radius 3 is 2.91 bits per heavy atom. The summed E-state index contributed by atoms with van der Waals surface area (Å²) in [5, 5.41) is 0. The van der Waals surface area contributed by atoms with E-state index in [2.05, 4.69) is 0 Å². The Kier molecular flexibility index (Phi) is 6.45. The van der Waals surface area contributed by atoms with E-state index in [0.29, 0.717) is 42.3 Å². The number of rotatable bonds is 6. The number of primary amides is 1. The van der Waals surface area contributed by atoms with Crippen molar-refractivity contribution >= 4 is 23.6 Å². The van der Waals surface area contributed by atoms with Crippen LogP contribution in [-0.2, 0) is 10.5 Å². The van der Waals surface area contributed by atoms with Crippen molar-refractivity contribution < 1.29 is 14.0 Å². The van der Waals surface area contributed by atoms with Crippen molar-refractivity contribution in [3.8, 4) is 0 Å². The highest BCUT2D eigenvalue weighted by Crippen LogP contribution is 2.23. The van der Waals surface area contributed by atoms with Crippen LogP contribution in [0.4, 0.5) is 4.39 Å². The van der Waals surface area contributed by atoms with E-state index in [1.54, 1.807) is 12.1 Å². The monoisotopic (exact) mass is 338 g/mol. The molecule has 1 atom stereocenters. The number of hydrogen-bond acceptors (Lipinski definition) is 3. The third-order valence-electron chi connectivity index (χ3n) is 4.20. The van der Waals surface area contributed by atoms with Crippen LogP contribution in [0, 0.1) is 11.7 Å². The Morgan fingerprint density at radius 2 is 2.22 bits per heavy atom. The molecule has 1 saturated heterocycles. The fraction of sp³-hybridized carbons (Fsp3) is 0.529. The summed E-state index contributed by atoms with van der Waals surface area (Å²) in [6.45, 7) is 1.35. The minimum atomic E-state index is -0.298. The Labute approximate surface area is 140 Å². The zero-order valence-electron chi connectivity index (χ0n) is 13.4. The van der Waals surface area contributed by atoms with Crippen molar-refractivity contribution in [3.05, 3.63) is 35.1 Å². The molecule has 1 aromatic rings. The second-order valence-electron chi connectivity index (χ2n) is 6.00. The summed E-state index contributed by atoms with van der Waals surface area (Å²) in [4.78, 5) is 25.4. The normalized spacial score (nSPS) is 18.0. The topological polar surface area (TPSA) is 63.4 Å². The van der Waals surface area contributed by atoms with E-state index >= 15 is 0 Å². The SMILES string of the molecule is CSCc1cc(C(=O)N2CCC[C@H](CCC(N)=O)C2)ccc1F. The molecule has 0 spiro atoms. The average Bonchev–Trinajstić information content (AvgIpc) is 2.55. The number of carbonyl (C=O) groups is 2. The fourth-order valence-electron chi connectivity index (χ4n) is 2.99. The van der Waals surface area contributed by atoms with Crippen molar-refractivity contribution in [2.45, 2.75) is 31.4 Å². The summed E-state index contributed by atoms with van der Waals surface area (Å²) in [6.07, 6.45) is 4.93. The molecule has 0 radical (unpaired) electrons. The van der Waals surface area contributed by atoms with Gasteiger partial charge in [-0.3, -0.25) is 9.59 Å². The first-order valence-electron chi connectivity index (χ1n) is 7.86. The molecule has 0 aliphatic carbocycles. The molecule has 1 fully saturated rings. The number of thioether (sulfide) groups is 1. The summed E-state index contributed by atoms with van der Waals surface area (Å²) < 4.78 is 13.7. The zero-order chi connectivity index (χ0) is 16.8. The van der Waals surface area contributed by atoms with Crippen LogP contribution in [0.5, 0.6) is 0 Å². The molecule has 2 rings (SSSR count). The molecule has 23 heavy (non-hydrogen) atoms. The van der Waals surface area contributed by atoms with Gasteiger partial charge < -0.3 is 10.6 Å². The molecule has 4 nitrogen and oxygen atoms in total. The van der Waals surface area contributed by atoms with Gasteiger partial charge in [-0.15, -0.1) is 0 Å². The number of nitrogens with two attached hydrogens (primary N) is 1. The van der Waals surface area contributed by atoms with E-state index in [0.717, 1.165) is 19.3 Å². The number of carbonyl (C=O) groups excluding carboxylic acids is 2. The van der Waals surface area contributed by atoms with E-state index in [1.165, 1.54) is 17.8 Å². The van der Waals surface area contributed by atoms with Gasteiger partial charge in [0.15, 0.2) is 0 Å². The molecule has 126 valence electrons. The second kappa shape index (κ2) is 8.34. The van der Waals surface area contributed by atoms with Gasteiger partial charge in [-0.25, -0.2) is 4.39 Å². The van der Waals surface area contributed by atoms with Crippen LogP contribution in [-0.4, -0.2) is 36.1 Å². The summed E-state index contributed by atoms with van der Waals surface area (Å²) in [5.41, 5.74) is 6.29. The van der Waals surface area contributed by atoms with Crippen LogP contribution < -0.4 is 5.73 Å². The van der Waals surface area contributed by atoms with Crippen molar-refractivity contribution in [1.29, 1.82) is 0 Å². The smallest absolute Gasteiger partial charge is 0.253 e. The number of benzene rings is 1. The molecule has 1 heterocycles. The lowest BCUT2D eigenvalue weighted by molar-refractivity contribution is -0.118. The standard InChI is InChI=1S/C17H23FN2O2S/c1-23-11-14-9-13(5-6-15(14)18)17(22)20-8-2-3-12(10-20)4-7-16(19)21/h5-6,9,12H,2-4,7-8,10-11H2,1H3,(H2,19,21)/t12-/m1/s1. The Bertz CT molecular complexity index is 580. The molecule has 0 aromatic heterocycles. The van der Waals surface area contributed by atoms with Crippen LogP contribution in [0.15, 0.2) is 18.2 Å². The predicted molar refractivity (Wildman–Crippen MR) is 90.7 cm³/mol. The maximum Gasteiger partial charge on any atom is 0.253 e. The molecule has 2 N–H and O–H groups in total. The molecular weight excluding hydrogens is 315 g/mol. The Balaban J connectivity index is 2.04. The summed E-state index contributed by atoms with van der Waals surface area (Å²) >= 11 is 1.53. The first kappa shape index (κ1) is 17.8. The van der Waals surface area contributed by atoms with Gasteiger partial charge in [0.05, 0.1) is 0 Å². The van der Waals surface area contributed by atoms with Crippen LogP contribution >= 0.6 is 11.8 Å². The van der Waals surface area contributed by atoms with Gasteiger partial charge in [0.2, 0.25) is 5.91 Å². The highest BCUT2D eigenvalue weighted by atomic mass is 32.2. The van der Waals surface area contributed by atoms with Gasteiger partial charge in [0.25, 0.3) is 5.91 Å². The average molecular weight is 338 g/mol. The molecule has 2 amide bonds. The van der Waals surface area contributed by atoms with Crippen molar-refractivity contribution in [3.63, 3.8) is 0 Å². The minimum Gasteiger partial charge on any atom is -0.370 e. The molecule has 1 aliphatic rings. The highest BCUT2D eigenvalue weighted by molar-refractivity contribution is 7.97. The molecule has 6 heteroatoms. The van der Waals surface area contributed by atoms with Crippen molar-refractivity contribution in [1.82, 2.24) is 4.90 Å². The first-order valence-corrected chi connectivity index (χ1v) is 9.25. The Hall–Kier alpha value is -1.56. The molecule has 1 aromatic carbocycles. The lowest BCUT2D eigenvalue weighted by Crippen LogP contribution is -2.40. The van der Waals surface area contributed by atoms with Crippen LogP contribution in [0.3, 0.4) is 0 Å². The lowest BCUT2D eigenvalue weighted by Gasteiger charge is -2.33. The highest BCUT2D eigenvalue weighted by Gasteiger charge is 2.25. The van der Waals surface area contributed by atoms with Crippen LogP contribution in [0.25, 0.3) is 0 Å². The van der Waals surface area contributed by atoms with Gasteiger partial charge in [-0.05, 0) is 55.2 Å². The Morgan fingerprint density at radius 1 is 1.43 bits per heavy atom. The van der Waals surface area contributed by atoms with Gasteiger partial charge in [0.1, 0.15) is 5.82 Å². The van der Waals surface area contributed by atoms with E-state index in [4.69, 9.17) is 5.73 Å². The van der Waals surface area contributed by atoms with E-state index in [-0.39, 0.29) is 17.6 Å². The minimum absolute atomic E-state index is 0.0591. The molecule has 0 bridgehead atoms. The first-order chi connectivity index (χ1) is 11.0. The lowest BCUT2D eigenvalue weighted by atomic mass is 9.93. The number of amides is 2. The summed E-state index contributed by atoms with van der Waals surface area (Å²) in [5.74, 6) is 0.235.